The molecule has 1 fully saturated rings. The Balaban J connectivity index is 1.59. The normalized spacial score (nSPS) is 22.2. The van der Waals surface area contributed by atoms with Crippen molar-refractivity contribution in [3.8, 4) is 5.75 Å². The van der Waals surface area contributed by atoms with Gasteiger partial charge in [-0.05, 0) is 62.6 Å². The summed E-state index contributed by atoms with van der Waals surface area (Å²) in [4.78, 5) is 18.5. The van der Waals surface area contributed by atoms with Crippen LogP contribution in [0.1, 0.15) is 38.2 Å². The van der Waals surface area contributed by atoms with Gasteiger partial charge in [-0.2, -0.15) is 0 Å². The molecular weight excluding hydrogens is 482 g/mol. The number of benzene rings is 2. The van der Waals surface area contributed by atoms with E-state index in [-0.39, 0.29) is 35.5 Å². The molecule has 10 heteroatoms. The van der Waals surface area contributed by atoms with Crippen molar-refractivity contribution in [1.82, 2.24) is 10.4 Å². The van der Waals surface area contributed by atoms with Crippen molar-refractivity contribution in [2.24, 2.45) is 4.99 Å². The zero-order valence-electron chi connectivity index (χ0n) is 20.4. The van der Waals surface area contributed by atoms with Crippen LogP contribution in [0.5, 0.6) is 5.75 Å². The number of carbonyl (C=O) groups is 1. The summed E-state index contributed by atoms with van der Waals surface area (Å²) in [6, 6.07) is 15.3. The van der Waals surface area contributed by atoms with Crippen molar-refractivity contribution in [3.05, 3.63) is 60.2 Å². The fraction of sp³-hybridized carbons (Fsp3) is 0.462. The van der Waals surface area contributed by atoms with Crippen LogP contribution in [0.15, 0.2) is 64.5 Å². The standard InChI is InChI=1S/C26H33N3O6S/c1-20-26(25(31)28-29-15-5-6-16-29,14-19-36(32,33)23-8-3-2-4-9-23)27-24(35-20)21-10-12-22(13-11-21)34-18-7-17-30/h2-4,8-13,20,30H,5-7,14-19H2,1H3,(H,28,31)/t20-,26-/m0/s1. The third-order valence-corrected chi connectivity index (χ3v) is 8.28. The highest BCUT2D eigenvalue weighted by atomic mass is 32.2. The number of aliphatic imine (C=N–C) groups is 1. The molecule has 0 aromatic heterocycles. The fourth-order valence-electron chi connectivity index (χ4n) is 4.36. The predicted octanol–water partition coefficient (Wildman–Crippen LogP) is 2.34. The van der Waals surface area contributed by atoms with Crippen LogP contribution in [0.25, 0.3) is 0 Å². The number of amides is 1. The van der Waals surface area contributed by atoms with E-state index >= 15 is 0 Å². The zero-order valence-corrected chi connectivity index (χ0v) is 21.2. The van der Waals surface area contributed by atoms with Gasteiger partial charge in [0.15, 0.2) is 15.4 Å². The summed E-state index contributed by atoms with van der Waals surface area (Å²) in [5.74, 6) is 0.329. The van der Waals surface area contributed by atoms with Gasteiger partial charge >= 0.3 is 0 Å². The Morgan fingerprint density at radius 1 is 1.17 bits per heavy atom. The molecule has 0 unspecified atom stereocenters. The molecule has 0 bridgehead atoms. The van der Waals surface area contributed by atoms with Gasteiger partial charge in [0.25, 0.3) is 5.91 Å². The SMILES string of the molecule is C[C@@H]1OC(c2ccc(OCCCO)cc2)=N[C@]1(CCS(=O)(=O)c1ccccc1)C(=O)NN1CCCC1. The average molecular weight is 516 g/mol. The zero-order chi connectivity index (χ0) is 25.6. The molecule has 0 saturated carbocycles. The second-order valence-corrected chi connectivity index (χ2v) is 11.2. The van der Waals surface area contributed by atoms with Crippen molar-refractivity contribution in [2.75, 3.05) is 32.1 Å². The molecule has 0 radical (unpaired) electrons. The summed E-state index contributed by atoms with van der Waals surface area (Å²) in [5.41, 5.74) is 2.22. The molecule has 0 spiro atoms. The lowest BCUT2D eigenvalue weighted by Crippen LogP contribution is -2.56. The minimum absolute atomic E-state index is 0.0169. The van der Waals surface area contributed by atoms with Gasteiger partial charge in [-0.1, -0.05) is 18.2 Å². The fourth-order valence-corrected chi connectivity index (χ4v) is 5.74. The molecule has 4 rings (SSSR count). The van der Waals surface area contributed by atoms with Gasteiger partial charge in [-0.15, -0.1) is 0 Å². The first-order valence-electron chi connectivity index (χ1n) is 12.3. The summed E-state index contributed by atoms with van der Waals surface area (Å²) in [7, 11) is -3.62. The number of aliphatic hydroxyl groups is 1. The molecule has 2 aromatic carbocycles. The van der Waals surface area contributed by atoms with E-state index in [0.29, 0.717) is 24.3 Å². The average Bonchev–Trinajstić information content (AvgIpc) is 3.52. The van der Waals surface area contributed by atoms with Crippen molar-refractivity contribution in [2.45, 2.75) is 49.1 Å². The monoisotopic (exact) mass is 515 g/mol. The third kappa shape index (κ3) is 5.88. The molecule has 9 nitrogen and oxygen atoms in total. The first-order chi connectivity index (χ1) is 17.3. The van der Waals surface area contributed by atoms with Crippen LogP contribution in [0.3, 0.4) is 0 Å². The highest BCUT2D eigenvalue weighted by Crippen LogP contribution is 2.34. The van der Waals surface area contributed by atoms with E-state index in [0.717, 1.165) is 25.9 Å². The molecule has 1 saturated heterocycles. The predicted molar refractivity (Wildman–Crippen MR) is 136 cm³/mol. The number of carbonyl (C=O) groups excluding carboxylic acids is 1. The Hall–Kier alpha value is -2.95. The highest BCUT2D eigenvalue weighted by molar-refractivity contribution is 7.91. The number of nitrogens with one attached hydrogen (secondary N) is 1. The Morgan fingerprint density at radius 3 is 2.53 bits per heavy atom. The summed E-state index contributed by atoms with van der Waals surface area (Å²) < 4.78 is 37.7. The Labute approximate surface area is 212 Å². The quantitative estimate of drug-likeness (QED) is 0.441. The van der Waals surface area contributed by atoms with Crippen molar-refractivity contribution < 1.29 is 27.8 Å². The number of hydrogen-bond acceptors (Lipinski definition) is 8. The number of hydrazine groups is 1. The van der Waals surface area contributed by atoms with Crippen LogP contribution < -0.4 is 10.2 Å². The summed E-state index contributed by atoms with van der Waals surface area (Å²) in [6.45, 7) is 3.70. The number of ether oxygens (including phenoxy) is 2. The van der Waals surface area contributed by atoms with Crippen LogP contribution in [0.4, 0.5) is 0 Å². The molecule has 2 aliphatic heterocycles. The Morgan fingerprint density at radius 2 is 1.86 bits per heavy atom. The Kier molecular flexibility index (Phi) is 8.28. The van der Waals surface area contributed by atoms with Gasteiger partial charge in [0, 0.05) is 31.7 Å². The van der Waals surface area contributed by atoms with E-state index in [1.54, 1.807) is 61.5 Å². The van der Waals surface area contributed by atoms with Crippen LogP contribution >= 0.6 is 0 Å². The maximum absolute atomic E-state index is 13.6. The maximum Gasteiger partial charge on any atom is 0.266 e. The third-order valence-electron chi connectivity index (χ3n) is 6.55. The molecule has 36 heavy (non-hydrogen) atoms. The molecule has 0 aliphatic carbocycles. The molecule has 1 amide bonds. The molecule has 2 heterocycles. The lowest BCUT2D eigenvalue weighted by Gasteiger charge is -2.30. The van der Waals surface area contributed by atoms with Crippen LogP contribution in [-0.2, 0) is 19.4 Å². The minimum atomic E-state index is -3.62. The number of nitrogens with zero attached hydrogens (tertiary/aromatic N) is 2. The minimum Gasteiger partial charge on any atom is -0.494 e. The summed E-state index contributed by atoms with van der Waals surface area (Å²) >= 11 is 0. The van der Waals surface area contributed by atoms with Crippen LogP contribution in [0, 0.1) is 0 Å². The number of hydrogen-bond donors (Lipinski definition) is 2. The van der Waals surface area contributed by atoms with E-state index in [2.05, 4.69) is 5.43 Å². The van der Waals surface area contributed by atoms with E-state index in [1.165, 1.54) is 0 Å². The highest BCUT2D eigenvalue weighted by Gasteiger charge is 2.51. The largest absolute Gasteiger partial charge is 0.494 e. The lowest BCUT2D eigenvalue weighted by atomic mass is 9.90. The van der Waals surface area contributed by atoms with Crippen molar-refractivity contribution in [3.63, 3.8) is 0 Å². The van der Waals surface area contributed by atoms with Crippen molar-refractivity contribution >= 4 is 21.6 Å². The van der Waals surface area contributed by atoms with E-state index in [1.807, 2.05) is 5.01 Å². The molecule has 2 aliphatic rings. The number of rotatable bonds is 11. The number of aliphatic hydroxyl groups excluding tert-OH is 1. The second-order valence-electron chi connectivity index (χ2n) is 9.07. The van der Waals surface area contributed by atoms with Gasteiger partial charge < -0.3 is 14.6 Å². The van der Waals surface area contributed by atoms with Crippen LogP contribution in [0.2, 0.25) is 0 Å². The molecule has 2 N–H and O–H groups in total. The lowest BCUT2D eigenvalue weighted by molar-refractivity contribution is -0.133. The van der Waals surface area contributed by atoms with Crippen LogP contribution in [-0.4, -0.2) is 74.0 Å². The Bertz CT molecular complexity index is 1160. The topological polar surface area (TPSA) is 118 Å². The molecule has 194 valence electrons. The van der Waals surface area contributed by atoms with E-state index in [4.69, 9.17) is 19.6 Å². The van der Waals surface area contributed by atoms with E-state index in [9.17, 15) is 13.2 Å². The van der Waals surface area contributed by atoms with Gasteiger partial charge in [-0.25, -0.2) is 18.4 Å². The smallest absolute Gasteiger partial charge is 0.266 e. The van der Waals surface area contributed by atoms with Gasteiger partial charge in [0.2, 0.25) is 5.90 Å². The molecule has 2 atom stereocenters. The first kappa shape index (κ1) is 26.1. The second kappa shape index (κ2) is 11.4. The first-order valence-corrected chi connectivity index (χ1v) is 13.9. The van der Waals surface area contributed by atoms with E-state index < -0.39 is 21.5 Å². The summed E-state index contributed by atoms with van der Waals surface area (Å²) in [5, 5.41) is 10.8. The maximum atomic E-state index is 13.6. The molecular formula is C26H33N3O6S. The van der Waals surface area contributed by atoms with Gasteiger partial charge in [-0.3, -0.25) is 10.2 Å². The summed E-state index contributed by atoms with van der Waals surface area (Å²) in [6.07, 6.45) is 1.83. The van der Waals surface area contributed by atoms with Crippen molar-refractivity contribution in [1.29, 1.82) is 0 Å². The number of sulfone groups is 1. The molecule has 2 aromatic rings. The van der Waals surface area contributed by atoms with Gasteiger partial charge in [0.1, 0.15) is 11.9 Å². The van der Waals surface area contributed by atoms with Gasteiger partial charge in [0.05, 0.1) is 17.3 Å².